The molecule has 21 heavy (non-hydrogen) atoms. The third-order valence-electron chi connectivity index (χ3n) is 4.20. The molecule has 2 N–H and O–H groups in total. The van der Waals surface area contributed by atoms with Gasteiger partial charge in [-0.05, 0) is 45.4 Å². The van der Waals surface area contributed by atoms with Crippen molar-refractivity contribution in [3.05, 3.63) is 17.5 Å². The van der Waals surface area contributed by atoms with E-state index in [4.69, 9.17) is 4.74 Å². The Morgan fingerprint density at radius 3 is 2.62 bits per heavy atom. The van der Waals surface area contributed by atoms with Crippen LogP contribution in [0.3, 0.4) is 0 Å². The number of esters is 1. The van der Waals surface area contributed by atoms with Gasteiger partial charge in [0.05, 0.1) is 12.3 Å². The highest BCUT2D eigenvalue weighted by atomic mass is 16.5. The molecule has 1 heterocycles. The van der Waals surface area contributed by atoms with E-state index in [0.29, 0.717) is 29.5 Å². The maximum absolute atomic E-state index is 12.3. The number of aromatic nitrogens is 1. The first-order valence-electron chi connectivity index (χ1n) is 7.68. The number of carbonyl (C=O) groups is 2. The van der Waals surface area contributed by atoms with Crippen LogP contribution in [0.15, 0.2) is 6.20 Å². The molecule has 0 spiro atoms. The Morgan fingerprint density at radius 1 is 1.33 bits per heavy atom. The molecule has 0 atom stereocenters. The van der Waals surface area contributed by atoms with E-state index in [1.165, 1.54) is 0 Å². The molecule has 2 rings (SSSR count). The first-order chi connectivity index (χ1) is 10.0. The summed E-state index contributed by atoms with van der Waals surface area (Å²) in [7, 11) is 0. The Bertz CT molecular complexity index is 514. The highest BCUT2D eigenvalue weighted by Gasteiger charge is 2.26. The summed E-state index contributed by atoms with van der Waals surface area (Å²) in [4.78, 5) is 27.3. The standard InChI is InChI=1S/C16H24N2O3/c1-4-21-16(20)14-11(3)17-9-13(14)18-15(19)12-7-5-10(2)6-8-12/h9-10,12,17H,4-8H2,1-3H3,(H,18,19). The Labute approximate surface area is 125 Å². The van der Waals surface area contributed by atoms with Crippen molar-refractivity contribution in [1.82, 2.24) is 4.98 Å². The molecule has 5 heteroatoms. The van der Waals surface area contributed by atoms with Crippen LogP contribution < -0.4 is 5.32 Å². The molecule has 5 nitrogen and oxygen atoms in total. The maximum Gasteiger partial charge on any atom is 0.342 e. The fraction of sp³-hybridized carbons (Fsp3) is 0.625. The summed E-state index contributed by atoms with van der Waals surface area (Å²) in [5.74, 6) is 0.361. The van der Waals surface area contributed by atoms with Crippen LogP contribution in [0.5, 0.6) is 0 Å². The van der Waals surface area contributed by atoms with E-state index in [1.54, 1.807) is 20.0 Å². The third-order valence-corrected chi connectivity index (χ3v) is 4.20. The van der Waals surface area contributed by atoms with Gasteiger partial charge in [-0.15, -0.1) is 0 Å². The van der Waals surface area contributed by atoms with Crippen LogP contribution in [0.25, 0.3) is 0 Å². The molecule has 0 bridgehead atoms. The van der Waals surface area contributed by atoms with Gasteiger partial charge in [0.25, 0.3) is 0 Å². The summed E-state index contributed by atoms with van der Waals surface area (Å²) in [5, 5.41) is 2.88. The molecule has 0 aliphatic heterocycles. The topological polar surface area (TPSA) is 71.2 Å². The normalized spacial score (nSPS) is 21.9. The molecule has 0 radical (unpaired) electrons. The number of ether oxygens (including phenoxy) is 1. The number of nitrogens with one attached hydrogen (secondary N) is 2. The van der Waals surface area contributed by atoms with E-state index in [1.807, 2.05) is 0 Å². The molecule has 1 aromatic rings. The van der Waals surface area contributed by atoms with Gasteiger partial charge in [-0.3, -0.25) is 4.79 Å². The minimum absolute atomic E-state index is 0.00597. The van der Waals surface area contributed by atoms with Crippen molar-refractivity contribution in [2.75, 3.05) is 11.9 Å². The van der Waals surface area contributed by atoms with Crippen LogP contribution in [0, 0.1) is 18.8 Å². The molecule has 1 aromatic heterocycles. The first kappa shape index (κ1) is 15.6. The summed E-state index contributed by atoms with van der Waals surface area (Å²) in [6.45, 7) is 6.10. The molecule has 1 fully saturated rings. The predicted octanol–water partition coefficient (Wildman–Crippen LogP) is 3.26. The molecule has 0 unspecified atom stereocenters. The van der Waals surface area contributed by atoms with Crippen LogP contribution in [0.2, 0.25) is 0 Å². The van der Waals surface area contributed by atoms with Crippen molar-refractivity contribution >= 4 is 17.6 Å². The average molecular weight is 292 g/mol. The maximum atomic E-state index is 12.3. The van der Waals surface area contributed by atoms with E-state index in [9.17, 15) is 9.59 Å². The minimum atomic E-state index is -0.399. The highest BCUT2D eigenvalue weighted by molar-refractivity contribution is 6.02. The molecule has 1 aliphatic rings. The quantitative estimate of drug-likeness (QED) is 0.837. The number of rotatable bonds is 4. The summed E-state index contributed by atoms with van der Waals surface area (Å²) in [5.41, 5.74) is 1.66. The Morgan fingerprint density at radius 2 is 2.00 bits per heavy atom. The van der Waals surface area contributed by atoms with Crippen molar-refractivity contribution in [2.24, 2.45) is 11.8 Å². The molecule has 1 amide bonds. The van der Waals surface area contributed by atoms with E-state index in [0.717, 1.165) is 25.7 Å². The monoisotopic (exact) mass is 292 g/mol. The Hall–Kier alpha value is -1.78. The second kappa shape index (κ2) is 6.78. The average Bonchev–Trinajstić information content (AvgIpc) is 2.80. The van der Waals surface area contributed by atoms with Crippen LogP contribution in [0.4, 0.5) is 5.69 Å². The number of carbonyl (C=O) groups excluding carboxylic acids is 2. The smallest absolute Gasteiger partial charge is 0.342 e. The van der Waals surface area contributed by atoms with Gasteiger partial charge in [0.2, 0.25) is 5.91 Å². The zero-order valence-electron chi connectivity index (χ0n) is 13.0. The lowest BCUT2D eigenvalue weighted by Gasteiger charge is -2.25. The third kappa shape index (κ3) is 3.65. The van der Waals surface area contributed by atoms with Crippen molar-refractivity contribution in [1.29, 1.82) is 0 Å². The highest BCUT2D eigenvalue weighted by Crippen LogP contribution is 2.30. The number of hydrogen-bond acceptors (Lipinski definition) is 3. The molecular formula is C16H24N2O3. The summed E-state index contributed by atoms with van der Waals surface area (Å²) in [6.07, 6.45) is 5.69. The second-order valence-corrected chi connectivity index (χ2v) is 5.87. The van der Waals surface area contributed by atoms with Gasteiger partial charge < -0.3 is 15.0 Å². The van der Waals surface area contributed by atoms with Crippen molar-refractivity contribution in [3.8, 4) is 0 Å². The van der Waals surface area contributed by atoms with Gasteiger partial charge in [-0.2, -0.15) is 0 Å². The SMILES string of the molecule is CCOC(=O)c1c(NC(=O)C2CCC(C)CC2)c[nH]c1C. The number of aromatic amines is 1. The van der Waals surface area contributed by atoms with E-state index < -0.39 is 5.97 Å². The van der Waals surface area contributed by atoms with Gasteiger partial charge in [0.1, 0.15) is 5.56 Å². The molecule has 1 aliphatic carbocycles. The van der Waals surface area contributed by atoms with E-state index in [-0.39, 0.29) is 11.8 Å². The van der Waals surface area contributed by atoms with Crippen molar-refractivity contribution < 1.29 is 14.3 Å². The van der Waals surface area contributed by atoms with Gasteiger partial charge in [0.15, 0.2) is 0 Å². The Kier molecular flexibility index (Phi) is 5.04. The summed E-state index contributed by atoms with van der Waals surface area (Å²) < 4.78 is 5.04. The lowest BCUT2D eigenvalue weighted by Crippen LogP contribution is -2.27. The molecule has 1 saturated carbocycles. The molecular weight excluding hydrogens is 268 g/mol. The lowest BCUT2D eigenvalue weighted by atomic mass is 9.82. The van der Waals surface area contributed by atoms with E-state index in [2.05, 4.69) is 17.2 Å². The molecule has 0 saturated heterocycles. The zero-order chi connectivity index (χ0) is 15.4. The minimum Gasteiger partial charge on any atom is -0.462 e. The first-order valence-corrected chi connectivity index (χ1v) is 7.68. The number of aryl methyl sites for hydroxylation is 1. The largest absolute Gasteiger partial charge is 0.462 e. The Balaban J connectivity index is 2.06. The van der Waals surface area contributed by atoms with Gasteiger partial charge in [-0.1, -0.05) is 6.92 Å². The number of anilines is 1. The fourth-order valence-electron chi connectivity index (χ4n) is 2.85. The number of H-pyrrole nitrogens is 1. The van der Waals surface area contributed by atoms with Crippen molar-refractivity contribution in [3.63, 3.8) is 0 Å². The van der Waals surface area contributed by atoms with Crippen LogP contribution in [-0.4, -0.2) is 23.5 Å². The number of hydrogen-bond donors (Lipinski definition) is 2. The van der Waals surface area contributed by atoms with E-state index >= 15 is 0 Å². The summed E-state index contributed by atoms with van der Waals surface area (Å²) >= 11 is 0. The molecule has 0 aromatic carbocycles. The second-order valence-electron chi connectivity index (χ2n) is 5.87. The molecule has 116 valence electrons. The van der Waals surface area contributed by atoms with Gasteiger partial charge in [0, 0.05) is 17.8 Å². The number of amides is 1. The van der Waals surface area contributed by atoms with Crippen LogP contribution in [-0.2, 0) is 9.53 Å². The zero-order valence-corrected chi connectivity index (χ0v) is 13.0. The fourth-order valence-corrected chi connectivity index (χ4v) is 2.85. The van der Waals surface area contributed by atoms with Crippen LogP contribution in [0.1, 0.15) is 55.6 Å². The van der Waals surface area contributed by atoms with Gasteiger partial charge in [-0.25, -0.2) is 4.79 Å². The van der Waals surface area contributed by atoms with Crippen molar-refractivity contribution in [2.45, 2.75) is 46.5 Å². The van der Waals surface area contributed by atoms with Crippen LogP contribution >= 0.6 is 0 Å². The van der Waals surface area contributed by atoms with Gasteiger partial charge >= 0.3 is 5.97 Å². The lowest BCUT2D eigenvalue weighted by molar-refractivity contribution is -0.121. The predicted molar refractivity (Wildman–Crippen MR) is 81.2 cm³/mol. The summed E-state index contributed by atoms with van der Waals surface area (Å²) in [6, 6.07) is 0.